The highest BCUT2D eigenvalue weighted by Crippen LogP contribution is 2.13. The van der Waals surface area contributed by atoms with Crippen molar-refractivity contribution in [2.75, 3.05) is 51.7 Å². The Bertz CT molecular complexity index is 1150. The number of piperidine rings is 1. The number of anilines is 1. The van der Waals surface area contributed by atoms with Crippen LogP contribution in [0.4, 0.5) is 10.2 Å². The Balaban J connectivity index is 0.000000383. The molecular formula is C25H34FN5O5. The van der Waals surface area contributed by atoms with Gasteiger partial charge in [0, 0.05) is 19.6 Å². The molecule has 3 heterocycles. The van der Waals surface area contributed by atoms with Crippen molar-refractivity contribution >= 4 is 18.0 Å². The molecule has 1 aromatic carbocycles. The van der Waals surface area contributed by atoms with Gasteiger partial charge in [-0.15, -0.1) is 0 Å². The van der Waals surface area contributed by atoms with Gasteiger partial charge >= 0.3 is 5.69 Å². The van der Waals surface area contributed by atoms with E-state index in [4.69, 9.17) is 10.5 Å². The standard InChI is InChI=1S/C20H25FN4O3.C5H9NO2/c1-2-24-19(27)17(16(26)13-23-10-4-3-5-11-23)18(22)25(20(24)28)12-14-6-8-15(21)9-7-14;7-5-6-1-3-8-4-2-6/h6-9H,2-5,10-13,22H2,1H3;5H,1-4H2. The number of rotatable bonds is 7. The van der Waals surface area contributed by atoms with E-state index >= 15 is 0 Å². The minimum atomic E-state index is -0.651. The lowest BCUT2D eigenvalue weighted by Gasteiger charge is -2.26. The second kappa shape index (κ2) is 13.1. The van der Waals surface area contributed by atoms with E-state index in [0.717, 1.165) is 56.4 Å². The first-order valence-corrected chi connectivity index (χ1v) is 12.3. The second-order valence-corrected chi connectivity index (χ2v) is 8.82. The summed E-state index contributed by atoms with van der Waals surface area (Å²) in [6.45, 7) is 6.47. The predicted octanol–water partition coefficient (Wildman–Crippen LogP) is 0.943. The molecule has 0 spiro atoms. The highest BCUT2D eigenvalue weighted by atomic mass is 19.1. The Morgan fingerprint density at radius 2 is 1.67 bits per heavy atom. The number of amides is 1. The summed E-state index contributed by atoms with van der Waals surface area (Å²) in [4.78, 5) is 52.1. The summed E-state index contributed by atoms with van der Waals surface area (Å²) in [7, 11) is 0. The van der Waals surface area contributed by atoms with Crippen molar-refractivity contribution < 1.29 is 18.7 Å². The van der Waals surface area contributed by atoms with Crippen LogP contribution in [0, 0.1) is 5.82 Å². The number of nitrogen functional groups attached to an aromatic ring is 1. The molecule has 1 amide bonds. The van der Waals surface area contributed by atoms with Crippen LogP contribution in [0.25, 0.3) is 0 Å². The molecule has 11 heteroatoms. The monoisotopic (exact) mass is 503 g/mol. The lowest BCUT2D eigenvalue weighted by molar-refractivity contribution is -0.121. The van der Waals surface area contributed by atoms with Crippen molar-refractivity contribution in [2.24, 2.45) is 0 Å². The van der Waals surface area contributed by atoms with Gasteiger partial charge in [-0.25, -0.2) is 9.18 Å². The fraction of sp³-hybridized carbons (Fsp3) is 0.520. The highest BCUT2D eigenvalue weighted by Gasteiger charge is 2.24. The molecule has 36 heavy (non-hydrogen) atoms. The van der Waals surface area contributed by atoms with Crippen LogP contribution in [0.2, 0.25) is 0 Å². The first-order chi connectivity index (χ1) is 17.3. The van der Waals surface area contributed by atoms with E-state index in [0.29, 0.717) is 18.8 Å². The molecule has 2 fully saturated rings. The second-order valence-electron chi connectivity index (χ2n) is 8.82. The molecule has 2 aromatic rings. The summed E-state index contributed by atoms with van der Waals surface area (Å²) in [5.74, 6) is -0.898. The maximum absolute atomic E-state index is 13.2. The minimum absolute atomic E-state index is 0.0508. The number of carbonyl (C=O) groups excluding carboxylic acids is 2. The van der Waals surface area contributed by atoms with E-state index in [2.05, 4.69) is 0 Å². The molecule has 2 N–H and O–H groups in total. The van der Waals surface area contributed by atoms with Crippen LogP contribution in [0.3, 0.4) is 0 Å². The maximum atomic E-state index is 13.2. The van der Waals surface area contributed by atoms with Gasteiger partial charge in [0.05, 0.1) is 26.3 Å². The van der Waals surface area contributed by atoms with Crippen molar-refractivity contribution in [1.82, 2.24) is 18.9 Å². The van der Waals surface area contributed by atoms with Gasteiger partial charge in [0.1, 0.15) is 17.2 Å². The Kier molecular flexibility index (Phi) is 9.95. The third-order valence-electron chi connectivity index (χ3n) is 6.33. The van der Waals surface area contributed by atoms with Crippen LogP contribution in [0.1, 0.15) is 42.1 Å². The summed E-state index contributed by atoms with van der Waals surface area (Å²) in [6, 6.07) is 5.65. The van der Waals surface area contributed by atoms with Gasteiger partial charge in [0.2, 0.25) is 6.41 Å². The van der Waals surface area contributed by atoms with Crippen LogP contribution in [0.5, 0.6) is 0 Å². The molecule has 0 saturated carbocycles. The highest BCUT2D eigenvalue weighted by molar-refractivity contribution is 6.01. The van der Waals surface area contributed by atoms with E-state index in [9.17, 15) is 23.6 Å². The van der Waals surface area contributed by atoms with Crippen molar-refractivity contribution in [1.29, 1.82) is 0 Å². The molecule has 196 valence electrons. The largest absolute Gasteiger partial charge is 0.384 e. The Morgan fingerprint density at radius 1 is 1.03 bits per heavy atom. The number of nitrogens with two attached hydrogens (primary N) is 1. The van der Waals surface area contributed by atoms with E-state index in [-0.39, 0.29) is 42.6 Å². The van der Waals surface area contributed by atoms with Crippen LogP contribution >= 0.6 is 0 Å². The number of halogens is 1. The summed E-state index contributed by atoms with van der Waals surface area (Å²) in [6.07, 6.45) is 4.04. The Hall–Kier alpha value is -3.31. The van der Waals surface area contributed by atoms with Crippen molar-refractivity contribution in [3.05, 3.63) is 62.0 Å². The molecule has 2 aliphatic heterocycles. The Morgan fingerprint density at radius 3 is 2.22 bits per heavy atom. The number of likely N-dealkylation sites (tertiary alicyclic amines) is 1. The number of nitrogens with zero attached hydrogens (tertiary/aromatic N) is 4. The maximum Gasteiger partial charge on any atom is 0.332 e. The summed E-state index contributed by atoms with van der Waals surface area (Å²) < 4.78 is 20.4. The van der Waals surface area contributed by atoms with Crippen LogP contribution < -0.4 is 17.0 Å². The normalized spacial score (nSPS) is 16.2. The van der Waals surface area contributed by atoms with Gasteiger partial charge in [-0.1, -0.05) is 18.6 Å². The molecule has 10 nitrogen and oxygen atoms in total. The lowest BCUT2D eigenvalue weighted by Crippen LogP contribution is -2.45. The number of hydrogen-bond donors (Lipinski definition) is 1. The van der Waals surface area contributed by atoms with Crippen LogP contribution in [0.15, 0.2) is 33.9 Å². The van der Waals surface area contributed by atoms with Gasteiger partial charge < -0.3 is 15.4 Å². The van der Waals surface area contributed by atoms with Gasteiger partial charge in [-0.3, -0.25) is 28.4 Å². The van der Waals surface area contributed by atoms with Gasteiger partial charge in [0.25, 0.3) is 5.56 Å². The summed E-state index contributed by atoms with van der Waals surface area (Å²) in [5.41, 5.74) is 5.40. The minimum Gasteiger partial charge on any atom is -0.384 e. The molecule has 4 rings (SSSR count). The van der Waals surface area contributed by atoms with E-state index in [1.165, 1.54) is 28.8 Å². The van der Waals surface area contributed by atoms with E-state index in [1.54, 1.807) is 11.8 Å². The van der Waals surface area contributed by atoms with Crippen molar-refractivity contribution in [3.63, 3.8) is 0 Å². The molecule has 0 bridgehead atoms. The average molecular weight is 504 g/mol. The van der Waals surface area contributed by atoms with Gasteiger partial charge in [-0.2, -0.15) is 0 Å². The number of carbonyl (C=O) groups is 2. The van der Waals surface area contributed by atoms with Gasteiger partial charge in [-0.05, 0) is 50.6 Å². The number of aromatic nitrogens is 2. The van der Waals surface area contributed by atoms with E-state index in [1.807, 2.05) is 4.90 Å². The first kappa shape index (κ1) is 27.3. The molecule has 0 unspecified atom stereocenters. The average Bonchev–Trinajstić information content (AvgIpc) is 2.89. The fourth-order valence-electron chi connectivity index (χ4n) is 4.26. The van der Waals surface area contributed by atoms with E-state index < -0.39 is 11.2 Å². The SMILES string of the molecule is CCn1c(=O)c(C(=O)CN2CCCCC2)c(N)n(Cc2ccc(F)cc2)c1=O.O=CN1CCOCC1. The number of hydrogen-bond acceptors (Lipinski definition) is 7. The molecule has 0 atom stereocenters. The number of benzene rings is 1. The quantitative estimate of drug-likeness (QED) is 0.441. The first-order valence-electron chi connectivity index (χ1n) is 12.3. The third kappa shape index (κ3) is 6.88. The summed E-state index contributed by atoms with van der Waals surface area (Å²) >= 11 is 0. The molecule has 2 saturated heterocycles. The number of ketones is 1. The number of morpholine rings is 1. The molecule has 0 radical (unpaired) electrons. The van der Waals surface area contributed by atoms with Gasteiger partial charge in [0.15, 0.2) is 5.78 Å². The van der Waals surface area contributed by atoms with Crippen LogP contribution in [-0.4, -0.2) is 77.1 Å². The number of ether oxygens (including phenoxy) is 1. The topological polar surface area (TPSA) is 120 Å². The third-order valence-corrected chi connectivity index (χ3v) is 6.33. The zero-order valence-electron chi connectivity index (χ0n) is 20.7. The zero-order chi connectivity index (χ0) is 26.1. The Labute approximate surface area is 209 Å². The smallest absolute Gasteiger partial charge is 0.332 e. The number of Topliss-reactive ketones (excluding diaryl/α,β-unsaturated/α-hetero) is 1. The molecule has 1 aromatic heterocycles. The summed E-state index contributed by atoms with van der Waals surface area (Å²) in [5, 5.41) is 0. The predicted molar refractivity (Wildman–Crippen MR) is 134 cm³/mol. The van der Waals surface area contributed by atoms with Crippen molar-refractivity contribution in [2.45, 2.75) is 39.3 Å². The molecule has 2 aliphatic rings. The van der Waals surface area contributed by atoms with Crippen molar-refractivity contribution in [3.8, 4) is 0 Å². The molecule has 0 aliphatic carbocycles. The fourth-order valence-corrected chi connectivity index (χ4v) is 4.26. The van der Waals surface area contributed by atoms with Crippen LogP contribution in [-0.2, 0) is 22.6 Å². The lowest BCUT2D eigenvalue weighted by atomic mass is 10.1. The molecular weight excluding hydrogens is 469 g/mol. The zero-order valence-corrected chi connectivity index (χ0v) is 20.7.